The van der Waals surface area contributed by atoms with Gasteiger partial charge in [-0.15, -0.1) is 0 Å². The van der Waals surface area contributed by atoms with E-state index in [9.17, 15) is 14.9 Å². The molecule has 3 rings (SSSR count). The summed E-state index contributed by atoms with van der Waals surface area (Å²) < 4.78 is 0. The van der Waals surface area contributed by atoms with Crippen molar-refractivity contribution >= 4 is 11.6 Å². The van der Waals surface area contributed by atoms with E-state index in [4.69, 9.17) is 0 Å². The number of non-ortho nitro benzene ring substituents is 1. The third-order valence-corrected chi connectivity index (χ3v) is 4.22. The highest BCUT2D eigenvalue weighted by atomic mass is 16.6. The number of nitro benzene ring substituents is 1. The van der Waals surface area contributed by atoms with Gasteiger partial charge in [0.1, 0.15) is 0 Å². The number of rotatable bonds is 5. The van der Waals surface area contributed by atoms with E-state index < -0.39 is 4.92 Å². The zero-order chi connectivity index (χ0) is 17.1. The van der Waals surface area contributed by atoms with E-state index >= 15 is 0 Å². The van der Waals surface area contributed by atoms with E-state index in [-0.39, 0.29) is 17.6 Å². The molecule has 0 fully saturated rings. The topological polar surface area (TPSA) is 113 Å². The number of hydrogen-bond donors (Lipinski definition) is 3. The number of nitrogens with zero attached hydrogens (tertiary/aromatic N) is 2. The molecule has 0 saturated heterocycles. The summed E-state index contributed by atoms with van der Waals surface area (Å²) in [7, 11) is 0. The molecule has 2 aromatic rings. The summed E-state index contributed by atoms with van der Waals surface area (Å²) in [5.41, 5.74) is 3.00. The Morgan fingerprint density at radius 2 is 2.33 bits per heavy atom. The largest absolute Gasteiger partial charge is 0.344 e. The lowest BCUT2D eigenvalue weighted by Gasteiger charge is -2.18. The summed E-state index contributed by atoms with van der Waals surface area (Å²) in [4.78, 5) is 23.1. The van der Waals surface area contributed by atoms with Gasteiger partial charge in [-0.3, -0.25) is 20.0 Å². The number of aromatic nitrogens is 2. The smallest absolute Gasteiger partial charge is 0.272 e. The minimum absolute atomic E-state index is 0.0153. The Labute approximate surface area is 138 Å². The molecule has 1 aromatic carbocycles. The first-order valence-electron chi connectivity index (χ1n) is 7.92. The van der Waals surface area contributed by atoms with Gasteiger partial charge in [-0.2, -0.15) is 5.10 Å². The van der Waals surface area contributed by atoms with Gasteiger partial charge in [0.2, 0.25) is 0 Å². The van der Waals surface area contributed by atoms with E-state index in [1.807, 2.05) is 6.92 Å². The average molecular weight is 329 g/mol. The fourth-order valence-electron chi connectivity index (χ4n) is 2.92. The van der Waals surface area contributed by atoms with Gasteiger partial charge in [-0.1, -0.05) is 19.1 Å². The molecule has 1 atom stereocenters. The third kappa shape index (κ3) is 3.13. The van der Waals surface area contributed by atoms with E-state index in [0.717, 1.165) is 24.2 Å². The van der Waals surface area contributed by atoms with Crippen LogP contribution in [0.2, 0.25) is 0 Å². The minimum atomic E-state index is -0.437. The highest BCUT2D eigenvalue weighted by molar-refractivity contribution is 5.94. The maximum atomic E-state index is 12.6. The predicted molar refractivity (Wildman–Crippen MR) is 87.6 cm³/mol. The molecule has 1 amide bonds. The second-order valence-electron chi connectivity index (χ2n) is 5.74. The van der Waals surface area contributed by atoms with E-state index in [0.29, 0.717) is 24.2 Å². The van der Waals surface area contributed by atoms with Crippen molar-refractivity contribution in [3.05, 3.63) is 56.9 Å². The average Bonchev–Trinajstić information content (AvgIpc) is 3.03. The number of fused-ring (bicyclic) bond motifs is 1. The van der Waals surface area contributed by atoms with Gasteiger partial charge >= 0.3 is 0 Å². The number of carbonyl (C=O) groups excluding carboxylic acids is 1. The lowest BCUT2D eigenvalue weighted by Crippen LogP contribution is -2.31. The summed E-state index contributed by atoms with van der Waals surface area (Å²) in [5.74, 6) is -0.269. The number of nitro groups is 1. The van der Waals surface area contributed by atoms with Gasteiger partial charge in [0.05, 0.1) is 11.0 Å². The lowest BCUT2D eigenvalue weighted by atomic mass is 10.0. The van der Waals surface area contributed by atoms with Crippen LogP contribution in [0.5, 0.6) is 0 Å². The van der Waals surface area contributed by atoms with Crippen LogP contribution < -0.4 is 10.6 Å². The number of H-pyrrole nitrogens is 1. The highest BCUT2D eigenvalue weighted by Gasteiger charge is 2.24. The molecular formula is C16H19N5O3. The van der Waals surface area contributed by atoms with Crippen molar-refractivity contribution in [2.24, 2.45) is 0 Å². The standard InChI is InChI=1S/C16H19N5O3/c1-2-13(10-4-3-5-11(8-10)21(23)24)18-16(22)15-12-9-17-7-6-14(12)19-20-15/h3-5,8,13,17H,2,6-7,9H2,1H3,(H,18,22)(H,19,20). The first-order valence-corrected chi connectivity index (χ1v) is 7.92. The van der Waals surface area contributed by atoms with Crippen molar-refractivity contribution in [3.63, 3.8) is 0 Å². The van der Waals surface area contributed by atoms with Crippen molar-refractivity contribution in [2.75, 3.05) is 6.54 Å². The van der Waals surface area contributed by atoms with Crippen molar-refractivity contribution in [3.8, 4) is 0 Å². The van der Waals surface area contributed by atoms with Gasteiger partial charge in [-0.25, -0.2) is 0 Å². The van der Waals surface area contributed by atoms with Crippen molar-refractivity contribution in [2.45, 2.75) is 32.4 Å². The van der Waals surface area contributed by atoms with Crippen LogP contribution >= 0.6 is 0 Å². The fraction of sp³-hybridized carbons (Fsp3) is 0.375. The maximum Gasteiger partial charge on any atom is 0.272 e. The summed E-state index contributed by atoms with van der Waals surface area (Å²) in [5, 5.41) is 24.1. The molecule has 1 aliphatic heterocycles. The van der Waals surface area contributed by atoms with Crippen LogP contribution in [0.25, 0.3) is 0 Å². The number of nitrogens with one attached hydrogen (secondary N) is 3. The van der Waals surface area contributed by atoms with Gasteiger partial charge in [0.25, 0.3) is 11.6 Å². The van der Waals surface area contributed by atoms with Crippen LogP contribution in [0.4, 0.5) is 5.69 Å². The molecule has 24 heavy (non-hydrogen) atoms. The predicted octanol–water partition coefficient (Wildman–Crippen LogP) is 1.84. The molecule has 0 saturated carbocycles. The van der Waals surface area contributed by atoms with Crippen LogP contribution in [0.1, 0.15) is 46.7 Å². The Morgan fingerprint density at radius 1 is 1.50 bits per heavy atom. The normalized spacial score (nSPS) is 14.7. The van der Waals surface area contributed by atoms with Crippen LogP contribution in [0, 0.1) is 10.1 Å². The third-order valence-electron chi connectivity index (χ3n) is 4.22. The van der Waals surface area contributed by atoms with Gasteiger partial charge < -0.3 is 10.6 Å². The molecule has 3 N–H and O–H groups in total. The second-order valence-corrected chi connectivity index (χ2v) is 5.74. The van der Waals surface area contributed by atoms with Crippen LogP contribution in [-0.4, -0.2) is 27.6 Å². The maximum absolute atomic E-state index is 12.6. The van der Waals surface area contributed by atoms with Crippen LogP contribution in [0.15, 0.2) is 24.3 Å². The Bertz CT molecular complexity index is 771. The Balaban J connectivity index is 1.80. The van der Waals surface area contributed by atoms with E-state index in [2.05, 4.69) is 20.8 Å². The van der Waals surface area contributed by atoms with Crippen molar-refractivity contribution in [1.29, 1.82) is 0 Å². The van der Waals surface area contributed by atoms with Crippen molar-refractivity contribution < 1.29 is 9.72 Å². The molecular weight excluding hydrogens is 310 g/mol. The summed E-state index contributed by atoms with van der Waals surface area (Å²) in [6.07, 6.45) is 1.44. The SMILES string of the molecule is CCC(NC(=O)c1n[nH]c2c1CNCC2)c1cccc([N+](=O)[O-])c1. The molecule has 8 nitrogen and oxygen atoms in total. The highest BCUT2D eigenvalue weighted by Crippen LogP contribution is 2.23. The number of carbonyl (C=O) groups is 1. The minimum Gasteiger partial charge on any atom is -0.344 e. The molecule has 8 heteroatoms. The summed E-state index contributed by atoms with van der Waals surface area (Å²) >= 11 is 0. The number of amides is 1. The molecule has 126 valence electrons. The van der Waals surface area contributed by atoms with Gasteiger partial charge in [-0.05, 0) is 12.0 Å². The van der Waals surface area contributed by atoms with Crippen LogP contribution in [-0.2, 0) is 13.0 Å². The Hall–Kier alpha value is -2.74. The summed E-state index contributed by atoms with van der Waals surface area (Å²) in [6, 6.07) is 6.04. The molecule has 0 bridgehead atoms. The fourth-order valence-corrected chi connectivity index (χ4v) is 2.92. The van der Waals surface area contributed by atoms with E-state index in [1.54, 1.807) is 12.1 Å². The molecule has 0 aliphatic carbocycles. The van der Waals surface area contributed by atoms with Gasteiger partial charge in [0, 0.05) is 42.9 Å². The number of benzene rings is 1. The monoisotopic (exact) mass is 329 g/mol. The molecule has 1 unspecified atom stereocenters. The lowest BCUT2D eigenvalue weighted by molar-refractivity contribution is -0.384. The van der Waals surface area contributed by atoms with Gasteiger partial charge in [0.15, 0.2) is 5.69 Å². The number of hydrogen-bond acceptors (Lipinski definition) is 5. The zero-order valence-corrected chi connectivity index (χ0v) is 13.3. The first kappa shape index (κ1) is 16.1. The zero-order valence-electron chi connectivity index (χ0n) is 13.3. The molecule has 1 aliphatic rings. The molecule has 0 radical (unpaired) electrons. The first-order chi connectivity index (χ1) is 11.6. The Kier molecular flexibility index (Phi) is 4.57. The number of aromatic amines is 1. The van der Waals surface area contributed by atoms with E-state index in [1.165, 1.54) is 12.1 Å². The Morgan fingerprint density at radius 3 is 3.08 bits per heavy atom. The van der Waals surface area contributed by atoms with Crippen molar-refractivity contribution in [1.82, 2.24) is 20.8 Å². The molecule has 1 aromatic heterocycles. The molecule has 2 heterocycles. The second kappa shape index (κ2) is 6.79. The quantitative estimate of drug-likeness (QED) is 0.572. The molecule has 0 spiro atoms. The summed E-state index contributed by atoms with van der Waals surface area (Å²) in [6.45, 7) is 3.40. The van der Waals surface area contributed by atoms with Crippen LogP contribution in [0.3, 0.4) is 0 Å².